The van der Waals surface area contributed by atoms with Crippen molar-refractivity contribution in [1.29, 1.82) is 0 Å². The highest BCUT2D eigenvalue weighted by Crippen LogP contribution is 2.27. The SMILES string of the molecule is O.O=C(NCc1cccc(F)c1)Nc1ccc(NS(=O)c2ccccc2-c2ccccc2)cc1. The molecule has 174 valence electrons. The van der Waals surface area contributed by atoms with Gasteiger partial charge in [0.15, 0.2) is 11.0 Å². The molecule has 0 spiro atoms. The van der Waals surface area contributed by atoms with Crippen LogP contribution < -0.4 is 15.4 Å². The van der Waals surface area contributed by atoms with Crippen LogP contribution >= 0.6 is 0 Å². The van der Waals surface area contributed by atoms with Gasteiger partial charge in [-0.05, 0) is 59.2 Å². The van der Waals surface area contributed by atoms with Crippen LogP contribution in [0, 0.1) is 5.82 Å². The molecular formula is C26H24FN3O3S. The first-order chi connectivity index (χ1) is 16.1. The second kappa shape index (κ2) is 11.7. The van der Waals surface area contributed by atoms with Crippen molar-refractivity contribution < 1.29 is 18.9 Å². The maximum atomic E-state index is 13.2. The summed E-state index contributed by atoms with van der Waals surface area (Å²) in [6, 6.07) is 29.9. The molecule has 0 aromatic heterocycles. The molecule has 0 aliphatic rings. The summed E-state index contributed by atoms with van der Waals surface area (Å²) >= 11 is 0. The summed E-state index contributed by atoms with van der Waals surface area (Å²) in [6.07, 6.45) is 0. The van der Waals surface area contributed by atoms with E-state index in [4.69, 9.17) is 0 Å². The summed E-state index contributed by atoms with van der Waals surface area (Å²) in [4.78, 5) is 12.8. The molecule has 4 aromatic rings. The molecule has 0 bridgehead atoms. The minimum absolute atomic E-state index is 0. The zero-order valence-corrected chi connectivity index (χ0v) is 18.9. The summed E-state index contributed by atoms with van der Waals surface area (Å²) in [5.41, 5.74) is 3.79. The fraction of sp³-hybridized carbons (Fsp3) is 0.0385. The van der Waals surface area contributed by atoms with E-state index in [0.717, 1.165) is 11.1 Å². The highest BCUT2D eigenvalue weighted by molar-refractivity contribution is 7.86. The van der Waals surface area contributed by atoms with Crippen LogP contribution in [-0.2, 0) is 17.5 Å². The lowest BCUT2D eigenvalue weighted by Gasteiger charge is -2.12. The van der Waals surface area contributed by atoms with E-state index in [9.17, 15) is 13.4 Å². The van der Waals surface area contributed by atoms with Crippen LogP contribution in [0.4, 0.5) is 20.6 Å². The molecule has 0 aliphatic heterocycles. The minimum Gasteiger partial charge on any atom is -0.412 e. The number of anilines is 2. The number of urea groups is 1. The Hall–Kier alpha value is -4.01. The largest absolute Gasteiger partial charge is 0.412 e. The van der Waals surface area contributed by atoms with Gasteiger partial charge in [-0.25, -0.2) is 13.4 Å². The van der Waals surface area contributed by atoms with Gasteiger partial charge in [0.2, 0.25) is 0 Å². The van der Waals surface area contributed by atoms with Gasteiger partial charge in [0.05, 0.1) is 4.90 Å². The summed E-state index contributed by atoms with van der Waals surface area (Å²) in [5, 5.41) is 5.41. The second-order valence-electron chi connectivity index (χ2n) is 7.25. The van der Waals surface area contributed by atoms with Gasteiger partial charge in [0, 0.05) is 17.9 Å². The van der Waals surface area contributed by atoms with E-state index in [0.29, 0.717) is 21.8 Å². The molecule has 0 heterocycles. The van der Waals surface area contributed by atoms with Crippen LogP contribution in [0.25, 0.3) is 11.1 Å². The van der Waals surface area contributed by atoms with Gasteiger partial charge in [-0.15, -0.1) is 0 Å². The Balaban J connectivity index is 0.00000324. The lowest BCUT2D eigenvalue weighted by Crippen LogP contribution is -2.28. The lowest BCUT2D eigenvalue weighted by atomic mass is 10.1. The maximum absolute atomic E-state index is 13.2. The van der Waals surface area contributed by atoms with E-state index >= 15 is 0 Å². The van der Waals surface area contributed by atoms with E-state index < -0.39 is 17.0 Å². The summed E-state index contributed by atoms with van der Waals surface area (Å²) in [5.74, 6) is -0.346. The first-order valence-electron chi connectivity index (χ1n) is 10.3. The molecule has 0 fully saturated rings. The molecule has 4 aromatic carbocycles. The summed E-state index contributed by atoms with van der Waals surface area (Å²) in [6.45, 7) is 0.211. The van der Waals surface area contributed by atoms with Gasteiger partial charge < -0.3 is 20.8 Å². The van der Waals surface area contributed by atoms with Crippen LogP contribution in [0.3, 0.4) is 0 Å². The molecule has 2 amide bonds. The maximum Gasteiger partial charge on any atom is 0.319 e. The number of benzene rings is 4. The number of amides is 2. The van der Waals surface area contributed by atoms with Gasteiger partial charge in [0.1, 0.15) is 5.82 Å². The standard InChI is InChI=1S/C26H22FN3O2S.H2O/c27-21-10-6-7-19(17-21)18-28-26(31)29-22-13-15-23(16-14-22)30-33(32)25-12-5-4-11-24(25)20-8-2-1-3-9-20;/h1-17,30H,18H2,(H2,28,29,31);1H2. The Morgan fingerprint density at radius 3 is 2.21 bits per heavy atom. The van der Waals surface area contributed by atoms with E-state index in [1.54, 1.807) is 36.4 Å². The molecule has 1 atom stereocenters. The van der Waals surface area contributed by atoms with Gasteiger partial charge in [-0.3, -0.25) is 0 Å². The van der Waals surface area contributed by atoms with Crippen molar-refractivity contribution in [1.82, 2.24) is 5.32 Å². The van der Waals surface area contributed by atoms with Crippen molar-refractivity contribution >= 4 is 28.4 Å². The predicted octanol–water partition coefficient (Wildman–Crippen LogP) is 5.12. The van der Waals surface area contributed by atoms with Crippen LogP contribution in [0.1, 0.15) is 5.56 Å². The second-order valence-corrected chi connectivity index (χ2v) is 8.43. The van der Waals surface area contributed by atoms with Crippen molar-refractivity contribution in [3.8, 4) is 11.1 Å². The topological polar surface area (TPSA) is 102 Å². The number of carbonyl (C=O) groups excluding carboxylic acids is 1. The van der Waals surface area contributed by atoms with Crippen LogP contribution in [0.5, 0.6) is 0 Å². The van der Waals surface area contributed by atoms with E-state index in [1.165, 1.54) is 12.1 Å². The smallest absolute Gasteiger partial charge is 0.319 e. The number of hydrogen-bond donors (Lipinski definition) is 3. The third-order valence-electron chi connectivity index (χ3n) is 4.87. The lowest BCUT2D eigenvalue weighted by molar-refractivity contribution is 0.251. The highest BCUT2D eigenvalue weighted by Gasteiger charge is 2.11. The summed E-state index contributed by atoms with van der Waals surface area (Å²) < 4.78 is 29.2. The zero-order chi connectivity index (χ0) is 23.0. The monoisotopic (exact) mass is 477 g/mol. The fourth-order valence-electron chi connectivity index (χ4n) is 3.27. The van der Waals surface area contributed by atoms with Crippen molar-refractivity contribution in [3.63, 3.8) is 0 Å². The molecule has 4 rings (SSSR count). The van der Waals surface area contributed by atoms with Crippen molar-refractivity contribution in [2.24, 2.45) is 0 Å². The first kappa shape index (κ1) is 24.6. The van der Waals surface area contributed by atoms with Crippen molar-refractivity contribution in [3.05, 3.63) is 115 Å². The van der Waals surface area contributed by atoms with Crippen LogP contribution in [-0.4, -0.2) is 15.7 Å². The van der Waals surface area contributed by atoms with Crippen LogP contribution in [0.15, 0.2) is 108 Å². The molecule has 6 nitrogen and oxygen atoms in total. The predicted molar refractivity (Wildman–Crippen MR) is 134 cm³/mol. The first-order valence-corrected chi connectivity index (χ1v) is 11.5. The summed E-state index contributed by atoms with van der Waals surface area (Å²) in [7, 11) is -1.47. The molecule has 5 N–H and O–H groups in total. The Labute approximate surface area is 199 Å². The molecule has 34 heavy (non-hydrogen) atoms. The molecule has 1 unspecified atom stereocenters. The zero-order valence-electron chi connectivity index (χ0n) is 18.1. The average Bonchev–Trinajstić information content (AvgIpc) is 2.84. The normalized spacial score (nSPS) is 11.1. The Morgan fingerprint density at radius 2 is 1.47 bits per heavy atom. The van der Waals surface area contributed by atoms with E-state index in [2.05, 4.69) is 15.4 Å². The average molecular weight is 478 g/mol. The molecule has 0 aliphatic carbocycles. The van der Waals surface area contributed by atoms with E-state index in [-0.39, 0.29) is 17.8 Å². The third-order valence-corrected chi connectivity index (χ3v) is 6.04. The number of rotatable bonds is 7. The van der Waals surface area contributed by atoms with Crippen LogP contribution in [0.2, 0.25) is 0 Å². The third kappa shape index (κ3) is 6.50. The van der Waals surface area contributed by atoms with Gasteiger partial charge in [0.25, 0.3) is 0 Å². The Kier molecular flexibility index (Phi) is 8.50. The molecule has 0 saturated heterocycles. The highest BCUT2D eigenvalue weighted by atomic mass is 32.2. The number of nitrogens with one attached hydrogen (secondary N) is 3. The Bertz CT molecular complexity index is 1270. The number of carbonyl (C=O) groups is 1. The van der Waals surface area contributed by atoms with Gasteiger partial charge in [-0.2, -0.15) is 0 Å². The number of hydrogen-bond acceptors (Lipinski definition) is 2. The van der Waals surface area contributed by atoms with Crippen molar-refractivity contribution in [2.45, 2.75) is 11.4 Å². The minimum atomic E-state index is -1.47. The van der Waals surface area contributed by atoms with Gasteiger partial charge >= 0.3 is 6.03 Å². The molecule has 0 radical (unpaired) electrons. The molecule has 8 heteroatoms. The molecular weight excluding hydrogens is 453 g/mol. The molecule has 0 saturated carbocycles. The van der Waals surface area contributed by atoms with Crippen molar-refractivity contribution in [2.75, 3.05) is 10.0 Å². The Morgan fingerprint density at radius 1 is 0.794 bits per heavy atom. The quantitative estimate of drug-likeness (QED) is 0.344. The van der Waals surface area contributed by atoms with E-state index in [1.807, 2.05) is 54.6 Å². The number of halogens is 1. The van der Waals surface area contributed by atoms with Gasteiger partial charge in [-0.1, -0.05) is 60.7 Å². The fourth-order valence-corrected chi connectivity index (χ4v) is 4.32.